The molecule has 0 unspecified atom stereocenters. The van der Waals surface area contributed by atoms with Crippen LogP contribution in [-0.4, -0.2) is 52.3 Å². The molecule has 0 saturated carbocycles. The molecule has 0 radical (unpaired) electrons. The Balaban J connectivity index is 0. The maximum absolute atomic E-state index is 13.8. The molecule has 0 aliphatic carbocycles. The fourth-order valence-electron chi connectivity index (χ4n) is 2.92. The standard InChI is InChI=1S/C15H19FO4.C13H15FO4.Li.H2O/c1-5-19-14(18)11-7-6-10(12(16)8-11)9-13(17)20-15(2,3)4;1-13(2,3)18-11(15)7-8-4-5-9(12(16)17)6-10(8)14;;/h6-8H,5,9H2,1-4H3;4-6H,7H2,1-3H3,(H,16,17);;1H2/q;;+1;/p-1. The van der Waals surface area contributed by atoms with Crippen molar-refractivity contribution in [3.05, 3.63) is 70.3 Å². The fraction of sp³-hybridized carbons (Fsp3) is 0.429. The Morgan fingerprint density at radius 3 is 1.45 bits per heavy atom. The zero-order valence-corrected chi connectivity index (χ0v) is 24.1. The van der Waals surface area contributed by atoms with E-state index in [1.165, 1.54) is 24.3 Å². The smallest absolute Gasteiger partial charge is 0.870 e. The number of hydrogen-bond acceptors (Lipinski definition) is 8. The average Bonchev–Trinajstić information content (AvgIpc) is 2.74. The van der Waals surface area contributed by atoms with Gasteiger partial charge in [0.05, 0.1) is 30.6 Å². The zero-order valence-electron chi connectivity index (χ0n) is 24.1. The van der Waals surface area contributed by atoms with Crippen molar-refractivity contribution in [3.63, 3.8) is 0 Å². The Morgan fingerprint density at radius 2 is 1.12 bits per heavy atom. The quantitative estimate of drug-likeness (QED) is 0.306. The molecule has 0 atom stereocenters. The van der Waals surface area contributed by atoms with Gasteiger partial charge in [-0.3, -0.25) is 9.59 Å². The third-order valence-electron chi connectivity index (χ3n) is 4.37. The molecule has 0 amide bonds. The van der Waals surface area contributed by atoms with Crippen LogP contribution in [0.2, 0.25) is 0 Å². The third kappa shape index (κ3) is 14.8. The molecule has 0 saturated heterocycles. The molecule has 0 aromatic heterocycles. The average molecular weight is 561 g/mol. The second-order valence-electron chi connectivity index (χ2n) is 10.2. The van der Waals surface area contributed by atoms with E-state index in [0.29, 0.717) is 0 Å². The monoisotopic (exact) mass is 560 g/mol. The summed E-state index contributed by atoms with van der Waals surface area (Å²) < 4.78 is 42.3. The van der Waals surface area contributed by atoms with Gasteiger partial charge < -0.3 is 24.8 Å². The first-order chi connectivity index (χ1) is 17.4. The minimum absolute atomic E-state index is 0. The molecule has 0 bridgehead atoms. The summed E-state index contributed by atoms with van der Waals surface area (Å²) in [6.07, 6.45) is -0.394. The first-order valence-corrected chi connectivity index (χ1v) is 11.8. The minimum Gasteiger partial charge on any atom is -0.870 e. The van der Waals surface area contributed by atoms with Crippen molar-refractivity contribution in [2.24, 2.45) is 0 Å². The molecule has 2 aromatic carbocycles. The molecule has 12 heteroatoms. The summed E-state index contributed by atoms with van der Waals surface area (Å²) >= 11 is 0. The van der Waals surface area contributed by atoms with Crippen molar-refractivity contribution in [3.8, 4) is 0 Å². The van der Waals surface area contributed by atoms with Crippen molar-refractivity contribution < 1.29 is 71.6 Å². The predicted octanol–water partition coefficient (Wildman–Crippen LogP) is 2.12. The van der Waals surface area contributed by atoms with E-state index in [4.69, 9.17) is 19.3 Å². The van der Waals surface area contributed by atoms with Crippen LogP contribution in [0.15, 0.2) is 36.4 Å². The first-order valence-electron chi connectivity index (χ1n) is 11.8. The Labute approximate surface area is 244 Å². The Kier molecular flexibility index (Phi) is 16.3. The van der Waals surface area contributed by atoms with Crippen molar-refractivity contribution in [1.29, 1.82) is 0 Å². The molecule has 216 valence electrons. The number of hydrogen-bond donors (Lipinski definition) is 1. The second-order valence-corrected chi connectivity index (χ2v) is 10.2. The van der Waals surface area contributed by atoms with Crippen LogP contribution < -0.4 is 18.9 Å². The van der Waals surface area contributed by atoms with Crippen LogP contribution in [0.3, 0.4) is 0 Å². The van der Waals surface area contributed by atoms with E-state index in [9.17, 15) is 28.0 Å². The summed E-state index contributed by atoms with van der Waals surface area (Å²) in [5, 5.41) is 8.68. The number of carbonyl (C=O) groups is 4. The normalized spacial score (nSPS) is 10.5. The predicted molar refractivity (Wildman–Crippen MR) is 137 cm³/mol. The molecule has 0 heterocycles. The van der Waals surface area contributed by atoms with Gasteiger partial charge >= 0.3 is 42.7 Å². The molecular formula is C28H35F2LiO9. The number of carboxylic acids is 1. The number of esters is 3. The molecule has 0 aliphatic rings. The first kappa shape index (κ1) is 38.9. The summed E-state index contributed by atoms with van der Waals surface area (Å²) in [6.45, 7) is 12.3. The van der Waals surface area contributed by atoms with E-state index in [-0.39, 0.29) is 66.0 Å². The van der Waals surface area contributed by atoms with Crippen LogP contribution in [0, 0.1) is 11.6 Å². The van der Waals surface area contributed by atoms with Crippen LogP contribution in [-0.2, 0) is 36.6 Å². The van der Waals surface area contributed by atoms with E-state index in [2.05, 4.69) is 0 Å². The number of ether oxygens (including phenoxy) is 3. The molecule has 0 spiro atoms. The van der Waals surface area contributed by atoms with Crippen LogP contribution >= 0.6 is 0 Å². The molecule has 2 N–H and O–H groups in total. The number of rotatable bonds is 7. The topological polar surface area (TPSA) is 146 Å². The number of carbonyl (C=O) groups excluding carboxylic acids is 3. The summed E-state index contributed by atoms with van der Waals surface area (Å²) in [5.41, 5.74) is -0.966. The molecule has 9 nitrogen and oxygen atoms in total. The van der Waals surface area contributed by atoms with E-state index in [0.717, 1.165) is 12.1 Å². The second kappa shape index (κ2) is 16.8. The van der Waals surface area contributed by atoms with Gasteiger partial charge in [0.1, 0.15) is 22.8 Å². The van der Waals surface area contributed by atoms with Gasteiger partial charge in [0.15, 0.2) is 0 Å². The minimum atomic E-state index is -1.21. The maximum Gasteiger partial charge on any atom is 1.00 e. The Morgan fingerprint density at radius 1 is 0.750 bits per heavy atom. The van der Waals surface area contributed by atoms with Crippen molar-refractivity contribution in [2.45, 2.75) is 72.5 Å². The van der Waals surface area contributed by atoms with Gasteiger partial charge in [0.25, 0.3) is 0 Å². The molecule has 2 aromatic rings. The van der Waals surface area contributed by atoms with E-state index in [1.54, 1.807) is 48.5 Å². The van der Waals surface area contributed by atoms with Gasteiger partial charge in [-0.2, -0.15) is 0 Å². The fourth-order valence-corrected chi connectivity index (χ4v) is 2.92. The zero-order chi connectivity index (χ0) is 29.3. The number of aromatic carboxylic acids is 1. The molecular weight excluding hydrogens is 525 g/mol. The summed E-state index contributed by atoms with van der Waals surface area (Å²) in [6, 6.07) is 7.32. The van der Waals surface area contributed by atoms with Crippen LogP contribution in [0.1, 0.15) is 80.3 Å². The van der Waals surface area contributed by atoms with Gasteiger partial charge in [0, 0.05) is 0 Å². The maximum atomic E-state index is 13.8. The SMILES string of the molecule is CC(C)(C)OC(=O)Cc1ccc(C(=O)O)cc1F.CCOC(=O)c1ccc(CC(=O)OC(C)(C)C)c(F)c1.[Li+].[OH-]. The van der Waals surface area contributed by atoms with Gasteiger partial charge in [-0.05, 0) is 83.9 Å². The number of carboxylic acid groups (broad SMARTS) is 1. The third-order valence-corrected chi connectivity index (χ3v) is 4.37. The molecule has 2 rings (SSSR count). The van der Waals surface area contributed by atoms with Crippen LogP contribution in [0.5, 0.6) is 0 Å². The van der Waals surface area contributed by atoms with E-state index >= 15 is 0 Å². The van der Waals surface area contributed by atoms with Gasteiger partial charge in [-0.1, -0.05) is 12.1 Å². The van der Waals surface area contributed by atoms with Crippen molar-refractivity contribution >= 4 is 23.9 Å². The number of halogens is 2. The van der Waals surface area contributed by atoms with E-state index in [1.807, 2.05) is 0 Å². The van der Waals surface area contributed by atoms with E-state index < -0.39 is 46.7 Å². The summed E-state index contributed by atoms with van der Waals surface area (Å²) in [7, 11) is 0. The number of benzene rings is 2. The summed E-state index contributed by atoms with van der Waals surface area (Å²) in [5.74, 6) is -4.21. The van der Waals surface area contributed by atoms with Crippen LogP contribution in [0.25, 0.3) is 0 Å². The largest absolute Gasteiger partial charge is 1.00 e. The Hall–Kier alpha value is -3.26. The molecule has 40 heavy (non-hydrogen) atoms. The Bertz CT molecular complexity index is 1170. The van der Waals surface area contributed by atoms with Gasteiger partial charge in [-0.15, -0.1) is 0 Å². The van der Waals surface area contributed by atoms with Crippen LogP contribution in [0.4, 0.5) is 8.78 Å². The summed E-state index contributed by atoms with van der Waals surface area (Å²) in [4.78, 5) is 45.2. The van der Waals surface area contributed by atoms with Gasteiger partial charge in [0.2, 0.25) is 0 Å². The van der Waals surface area contributed by atoms with Crippen molar-refractivity contribution in [1.82, 2.24) is 0 Å². The molecule has 0 aliphatic heterocycles. The molecule has 0 fully saturated rings. The van der Waals surface area contributed by atoms with Crippen molar-refractivity contribution in [2.75, 3.05) is 6.61 Å². The van der Waals surface area contributed by atoms with Gasteiger partial charge in [-0.25, -0.2) is 18.4 Å².